The zero-order valence-electron chi connectivity index (χ0n) is 13.3. The Labute approximate surface area is 127 Å². The van der Waals surface area contributed by atoms with E-state index in [1.165, 1.54) is 14.2 Å². The summed E-state index contributed by atoms with van der Waals surface area (Å²) in [7, 11) is 0.0874. The summed E-state index contributed by atoms with van der Waals surface area (Å²) in [6.45, 7) is 7.96. The van der Waals surface area contributed by atoms with Crippen LogP contribution >= 0.6 is 0 Å². The number of hydrogen-bond acceptors (Lipinski definition) is 7. The number of carbonyl (C=O) groups is 1. The van der Waals surface area contributed by atoms with Gasteiger partial charge in [0.05, 0.1) is 0 Å². The molecule has 0 radical (unpaired) electrons. The highest BCUT2D eigenvalue weighted by Crippen LogP contribution is 2.19. The zero-order valence-corrected chi connectivity index (χ0v) is 14.3. The van der Waals surface area contributed by atoms with Crippen molar-refractivity contribution >= 4 is 14.8 Å². The molecule has 0 aromatic carbocycles. The highest BCUT2D eigenvalue weighted by molar-refractivity contribution is 6.60. The van der Waals surface area contributed by atoms with Crippen LogP contribution in [-0.2, 0) is 32.3 Å². The summed E-state index contributed by atoms with van der Waals surface area (Å²) in [5.74, 6) is -0.563. The number of esters is 1. The lowest BCUT2D eigenvalue weighted by Crippen LogP contribution is -2.45. The monoisotopic (exact) mass is 322 g/mol. The summed E-state index contributed by atoms with van der Waals surface area (Å²) in [6, 6.07) is 0.482. The van der Waals surface area contributed by atoms with Crippen molar-refractivity contribution in [2.75, 3.05) is 34.2 Å². The Morgan fingerprint density at radius 2 is 1.76 bits per heavy atom. The maximum Gasteiger partial charge on any atom is 0.503 e. The van der Waals surface area contributed by atoms with Crippen molar-refractivity contribution < 1.29 is 32.3 Å². The molecule has 0 atom stereocenters. The van der Waals surface area contributed by atoms with E-state index in [0.29, 0.717) is 25.7 Å². The van der Waals surface area contributed by atoms with Crippen LogP contribution < -0.4 is 0 Å². The van der Waals surface area contributed by atoms with Crippen molar-refractivity contribution in [1.29, 1.82) is 0 Å². The molecule has 0 saturated heterocycles. The molecule has 0 aliphatic rings. The van der Waals surface area contributed by atoms with Gasteiger partial charge >= 0.3 is 14.8 Å². The lowest BCUT2D eigenvalue weighted by atomic mass is 10.4. The highest BCUT2D eigenvalue weighted by atomic mass is 28.4. The lowest BCUT2D eigenvalue weighted by molar-refractivity contribution is -0.148. The molecule has 8 heteroatoms. The van der Waals surface area contributed by atoms with Gasteiger partial charge in [0.15, 0.2) is 13.1 Å². The smallest absolute Gasteiger partial charge is 0.436 e. The van der Waals surface area contributed by atoms with E-state index in [9.17, 15) is 4.79 Å². The average Bonchev–Trinajstić information content (AvgIpc) is 2.51. The zero-order chi connectivity index (χ0) is 16.1. The fourth-order valence-corrected chi connectivity index (χ4v) is 3.38. The molecule has 0 spiro atoms. The van der Waals surface area contributed by atoms with Crippen molar-refractivity contribution in [2.24, 2.45) is 0 Å². The second-order valence-corrected chi connectivity index (χ2v) is 6.87. The molecule has 0 amide bonds. The van der Waals surface area contributed by atoms with E-state index in [0.717, 1.165) is 6.08 Å². The summed E-state index contributed by atoms with van der Waals surface area (Å²) >= 11 is 0. The van der Waals surface area contributed by atoms with Gasteiger partial charge in [0.25, 0.3) is 0 Å². The Balaban J connectivity index is 4.41. The average molecular weight is 322 g/mol. The Morgan fingerprint density at radius 3 is 2.19 bits per heavy atom. The van der Waals surface area contributed by atoms with Crippen molar-refractivity contribution in [2.45, 2.75) is 32.6 Å². The number of rotatable bonds is 13. The first-order valence-electron chi connectivity index (χ1n) is 6.84. The van der Waals surface area contributed by atoms with Crippen molar-refractivity contribution in [3.8, 4) is 0 Å². The third-order valence-electron chi connectivity index (χ3n) is 2.66. The van der Waals surface area contributed by atoms with E-state index in [-0.39, 0.29) is 13.1 Å². The number of hydrogen-bond donors (Lipinski definition) is 0. The molecule has 0 aliphatic carbocycles. The Hall–Kier alpha value is -0.773. The quantitative estimate of drug-likeness (QED) is 0.221. The Bertz CT molecular complexity index is 288. The van der Waals surface area contributed by atoms with Crippen molar-refractivity contribution in [3.05, 3.63) is 12.7 Å². The van der Waals surface area contributed by atoms with Crippen molar-refractivity contribution in [1.82, 2.24) is 0 Å². The fraction of sp³-hybridized carbons (Fsp3) is 0.769. The van der Waals surface area contributed by atoms with Crippen LogP contribution in [0.3, 0.4) is 0 Å². The molecule has 7 nitrogen and oxygen atoms in total. The minimum atomic E-state index is -2.92. The molecule has 0 saturated carbocycles. The minimum absolute atomic E-state index is 0.243. The second kappa shape index (κ2) is 11.8. The summed E-state index contributed by atoms with van der Waals surface area (Å²) in [5.41, 5.74) is 0. The molecule has 0 unspecified atom stereocenters. The maximum absolute atomic E-state index is 11.0. The predicted octanol–water partition coefficient (Wildman–Crippen LogP) is 1.71. The fourth-order valence-electron chi connectivity index (χ4n) is 1.59. The first-order chi connectivity index (χ1) is 10.1. The molecule has 21 heavy (non-hydrogen) atoms. The summed E-state index contributed by atoms with van der Waals surface area (Å²) in [4.78, 5) is 11.0. The van der Waals surface area contributed by atoms with Gasteiger partial charge in [-0.15, -0.1) is 0 Å². The molecular weight excluding hydrogens is 296 g/mol. The van der Waals surface area contributed by atoms with E-state index >= 15 is 0 Å². The van der Waals surface area contributed by atoms with E-state index < -0.39 is 14.8 Å². The van der Waals surface area contributed by atoms with E-state index in [4.69, 9.17) is 27.5 Å². The van der Waals surface area contributed by atoms with Gasteiger partial charge in [0, 0.05) is 46.0 Å². The van der Waals surface area contributed by atoms with Gasteiger partial charge < -0.3 is 27.5 Å². The summed E-state index contributed by atoms with van der Waals surface area (Å²) in [5, 5.41) is 0. The van der Waals surface area contributed by atoms with Gasteiger partial charge in [-0.1, -0.05) is 6.58 Å². The SMILES string of the molecule is C=CC(=O)OCO[Si](CCC(OCC)OCC)(OC)OC. The third-order valence-corrected chi connectivity index (χ3v) is 5.36. The first kappa shape index (κ1) is 20.2. The van der Waals surface area contributed by atoms with E-state index in [2.05, 4.69) is 6.58 Å². The van der Waals surface area contributed by atoms with Crippen LogP contribution in [0, 0.1) is 0 Å². The summed E-state index contributed by atoms with van der Waals surface area (Å²) < 4.78 is 32.0. The largest absolute Gasteiger partial charge is 0.503 e. The van der Waals surface area contributed by atoms with Gasteiger partial charge in [0.1, 0.15) is 0 Å². The second-order valence-electron chi connectivity index (χ2n) is 3.90. The van der Waals surface area contributed by atoms with E-state index in [1.54, 1.807) is 0 Å². The van der Waals surface area contributed by atoms with Gasteiger partial charge in [-0.25, -0.2) is 4.79 Å². The molecule has 0 heterocycles. The van der Waals surface area contributed by atoms with Crippen LogP contribution in [0.1, 0.15) is 20.3 Å². The molecule has 0 aromatic heterocycles. The third kappa shape index (κ3) is 8.30. The molecular formula is C13H26O7Si. The minimum Gasteiger partial charge on any atom is -0.436 e. The van der Waals surface area contributed by atoms with Crippen molar-refractivity contribution in [3.63, 3.8) is 0 Å². The molecule has 0 aliphatic heterocycles. The molecule has 0 aromatic rings. The van der Waals surface area contributed by atoms with Crippen LogP contribution in [0.4, 0.5) is 0 Å². The molecule has 0 rings (SSSR count). The molecule has 0 fully saturated rings. The van der Waals surface area contributed by atoms with E-state index in [1.807, 2.05) is 13.8 Å². The van der Waals surface area contributed by atoms with Gasteiger partial charge in [0.2, 0.25) is 0 Å². The first-order valence-corrected chi connectivity index (χ1v) is 8.77. The molecule has 124 valence electrons. The van der Waals surface area contributed by atoms with Crippen LogP contribution in [0.25, 0.3) is 0 Å². The van der Waals surface area contributed by atoms with Gasteiger partial charge in [-0.2, -0.15) is 0 Å². The highest BCUT2D eigenvalue weighted by Gasteiger charge is 2.40. The van der Waals surface area contributed by atoms with Crippen LogP contribution in [0.15, 0.2) is 12.7 Å². The number of carbonyl (C=O) groups excluding carboxylic acids is 1. The molecule has 0 N–H and O–H groups in total. The maximum atomic E-state index is 11.0. The van der Waals surface area contributed by atoms with Crippen LogP contribution in [0.2, 0.25) is 6.04 Å². The topological polar surface area (TPSA) is 72.5 Å². The normalized spacial score (nSPS) is 11.7. The Kier molecular flexibility index (Phi) is 11.4. The van der Waals surface area contributed by atoms with Gasteiger partial charge in [-0.3, -0.25) is 0 Å². The lowest BCUT2D eigenvalue weighted by Gasteiger charge is -2.27. The standard InChI is InChI=1S/C13H26O7Si/c1-6-12(14)19-11-20-21(15-4,16-5)10-9-13(17-7-2)18-8-3/h6,13H,1,7-11H2,2-5H3. The number of ether oxygens (including phenoxy) is 3. The van der Waals surface area contributed by atoms with Crippen LogP contribution in [0.5, 0.6) is 0 Å². The Morgan fingerprint density at radius 1 is 1.19 bits per heavy atom. The summed E-state index contributed by atoms with van der Waals surface area (Å²) in [6.07, 6.45) is 1.29. The molecule has 0 bridgehead atoms. The predicted molar refractivity (Wildman–Crippen MR) is 78.5 cm³/mol. The van der Waals surface area contributed by atoms with Gasteiger partial charge in [-0.05, 0) is 13.8 Å². The van der Waals surface area contributed by atoms with Crippen LogP contribution in [-0.4, -0.2) is 55.3 Å².